The van der Waals surface area contributed by atoms with Crippen molar-refractivity contribution in [3.63, 3.8) is 0 Å². The lowest BCUT2D eigenvalue weighted by molar-refractivity contribution is 0.0525. The van der Waals surface area contributed by atoms with Gasteiger partial charge in [0.25, 0.3) is 0 Å². The number of carbonyl (C=O) groups excluding carboxylic acids is 1. The number of rotatable bonds is 4. The van der Waals surface area contributed by atoms with E-state index in [4.69, 9.17) is 4.74 Å². The van der Waals surface area contributed by atoms with Gasteiger partial charge in [-0.3, -0.25) is 0 Å². The van der Waals surface area contributed by atoms with Crippen LogP contribution < -0.4 is 0 Å². The van der Waals surface area contributed by atoms with Crippen LogP contribution in [-0.4, -0.2) is 36.8 Å². The molecule has 0 aliphatic carbocycles. The molecule has 0 saturated carbocycles. The summed E-state index contributed by atoms with van der Waals surface area (Å²) in [5, 5.41) is 0.288. The van der Waals surface area contributed by atoms with Gasteiger partial charge in [-0.1, -0.05) is 17.7 Å². The molecule has 128 valence electrons. The monoisotopic (exact) mass is 366 g/mol. The average molecular weight is 366 g/mol. The second-order valence-electron chi connectivity index (χ2n) is 5.51. The van der Waals surface area contributed by atoms with Crippen LogP contribution in [0.5, 0.6) is 0 Å². The lowest BCUT2D eigenvalue weighted by Crippen LogP contribution is -2.35. The highest BCUT2D eigenvalue weighted by molar-refractivity contribution is 7.89. The highest BCUT2D eigenvalue weighted by Crippen LogP contribution is 2.29. The molecule has 1 aromatic carbocycles. The minimum atomic E-state index is -3.56. The number of benzene rings is 1. The maximum absolute atomic E-state index is 12.8. The van der Waals surface area contributed by atoms with E-state index in [1.165, 1.54) is 15.6 Å². The van der Waals surface area contributed by atoms with Gasteiger partial charge in [-0.25, -0.2) is 18.2 Å². The Kier molecular flexibility index (Phi) is 4.71. The molecule has 6 nitrogen and oxygen atoms in total. The third-order valence-corrected chi connectivity index (χ3v) is 6.80. The normalized spacial score (nSPS) is 15.1. The van der Waals surface area contributed by atoms with Crippen molar-refractivity contribution in [1.82, 2.24) is 9.29 Å². The molecule has 0 saturated heterocycles. The van der Waals surface area contributed by atoms with Gasteiger partial charge in [0, 0.05) is 11.4 Å². The topological polar surface area (TPSA) is 76.6 Å². The van der Waals surface area contributed by atoms with Crippen molar-refractivity contribution < 1.29 is 17.9 Å². The van der Waals surface area contributed by atoms with Crippen LogP contribution >= 0.6 is 11.3 Å². The van der Waals surface area contributed by atoms with Gasteiger partial charge < -0.3 is 4.74 Å². The van der Waals surface area contributed by atoms with Crippen molar-refractivity contribution in [1.29, 1.82) is 0 Å². The van der Waals surface area contributed by atoms with E-state index in [-0.39, 0.29) is 23.1 Å². The Bertz CT molecular complexity index is 857. The molecule has 1 aliphatic rings. The van der Waals surface area contributed by atoms with Gasteiger partial charge in [0.05, 0.1) is 23.7 Å². The number of ether oxygens (including phenoxy) is 1. The first-order chi connectivity index (χ1) is 11.4. The maximum Gasteiger partial charge on any atom is 0.367 e. The lowest BCUT2D eigenvalue weighted by Gasteiger charge is -2.25. The number of aryl methyl sites for hydroxylation is 1. The van der Waals surface area contributed by atoms with Gasteiger partial charge in [-0.05, 0) is 32.4 Å². The van der Waals surface area contributed by atoms with E-state index >= 15 is 0 Å². The Morgan fingerprint density at radius 1 is 1.33 bits per heavy atom. The molecule has 0 N–H and O–H groups in total. The Balaban J connectivity index is 1.84. The number of hydrogen-bond donors (Lipinski definition) is 0. The molecule has 0 amide bonds. The fourth-order valence-electron chi connectivity index (χ4n) is 2.52. The van der Waals surface area contributed by atoms with Crippen molar-refractivity contribution in [2.45, 2.75) is 31.7 Å². The zero-order valence-electron chi connectivity index (χ0n) is 13.5. The Morgan fingerprint density at radius 2 is 2.04 bits per heavy atom. The third-order valence-electron chi connectivity index (χ3n) is 3.80. The highest BCUT2D eigenvalue weighted by atomic mass is 32.2. The summed E-state index contributed by atoms with van der Waals surface area (Å²) in [4.78, 5) is 17.3. The molecule has 3 rings (SSSR count). The van der Waals surface area contributed by atoms with Crippen LogP contribution in [0.4, 0.5) is 0 Å². The third kappa shape index (κ3) is 3.22. The molecular weight excluding hydrogens is 348 g/mol. The molecule has 8 heteroatoms. The van der Waals surface area contributed by atoms with E-state index in [1.54, 1.807) is 31.2 Å². The molecule has 0 fully saturated rings. The Hall–Kier alpha value is -1.77. The average Bonchev–Trinajstić information content (AvgIpc) is 2.98. The number of esters is 1. The second-order valence-corrected chi connectivity index (χ2v) is 8.53. The van der Waals surface area contributed by atoms with Crippen LogP contribution in [0.3, 0.4) is 0 Å². The standard InChI is InChI=1S/C16H18N2O4S2/c1-3-22-16(19)15-17-13-10-18(9-8-14(13)23-15)24(20,21)12-6-4-11(2)5-7-12/h4-7H,3,8-10H2,1-2H3. The SMILES string of the molecule is CCOC(=O)c1nc2c(s1)CCN(S(=O)(=O)c1ccc(C)cc1)C2. The van der Waals surface area contributed by atoms with E-state index in [9.17, 15) is 13.2 Å². The first-order valence-electron chi connectivity index (χ1n) is 7.64. The van der Waals surface area contributed by atoms with E-state index in [2.05, 4.69) is 4.98 Å². The van der Waals surface area contributed by atoms with Gasteiger partial charge in [0.2, 0.25) is 15.0 Å². The van der Waals surface area contributed by atoms with Gasteiger partial charge in [0.1, 0.15) is 0 Å². The molecule has 24 heavy (non-hydrogen) atoms. The summed E-state index contributed by atoms with van der Waals surface area (Å²) in [6.07, 6.45) is 0.553. The smallest absolute Gasteiger partial charge is 0.367 e. The van der Waals surface area contributed by atoms with Crippen LogP contribution in [0, 0.1) is 6.92 Å². The van der Waals surface area contributed by atoms with Crippen molar-refractivity contribution in [2.75, 3.05) is 13.2 Å². The largest absolute Gasteiger partial charge is 0.461 e. The number of thiazole rings is 1. The Labute approximate surface area is 145 Å². The van der Waals surface area contributed by atoms with Crippen molar-refractivity contribution >= 4 is 27.3 Å². The molecule has 0 bridgehead atoms. The molecule has 0 atom stereocenters. The van der Waals surface area contributed by atoms with Gasteiger partial charge >= 0.3 is 5.97 Å². The number of sulfonamides is 1. The van der Waals surface area contributed by atoms with Crippen LogP contribution in [0.1, 0.15) is 32.9 Å². The van der Waals surface area contributed by atoms with Crippen LogP contribution in [0.25, 0.3) is 0 Å². The van der Waals surface area contributed by atoms with E-state index in [1.807, 2.05) is 6.92 Å². The minimum absolute atomic E-state index is 0.182. The van der Waals surface area contributed by atoms with Gasteiger partial charge in [-0.2, -0.15) is 4.31 Å². The van der Waals surface area contributed by atoms with Crippen molar-refractivity contribution in [3.8, 4) is 0 Å². The van der Waals surface area contributed by atoms with E-state index < -0.39 is 16.0 Å². The maximum atomic E-state index is 12.8. The Morgan fingerprint density at radius 3 is 2.71 bits per heavy atom. The summed E-state index contributed by atoms with van der Waals surface area (Å²) in [7, 11) is -3.56. The number of fused-ring (bicyclic) bond motifs is 1. The molecule has 0 spiro atoms. The summed E-state index contributed by atoms with van der Waals surface area (Å²) in [6.45, 7) is 4.50. The fourth-order valence-corrected chi connectivity index (χ4v) is 4.87. The first kappa shape index (κ1) is 17.1. The van der Waals surface area contributed by atoms with Crippen molar-refractivity contribution in [2.24, 2.45) is 0 Å². The number of hydrogen-bond acceptors (Lipinski definition) is 6. The molecule has 0 radical (unpaired) electrons. The number of carbonyl (C=O) groups is 1. The summed E-state index contributed by atoms with van der Waals surface area (Å²) in [6, 6.07) is 6.80. The molecule has 0 unspecified atom stereocenters. The molecule has 1 aliphatic heterocycles. The van der Waals surface area contributed by atoms with Crippen LogP contribution in [-0.2, 0) is 27.7 Å². The minimum Gasteiger partial charge on any atom is -0.461 e. The molecule has 2 heterocycles. The van der Waals surface area contributed by atoms with Crippen molar-refractivity contribution in [3.05, 3.63) is 45.4 Å². The summed E-state index contributed by atoms with van der Waals surface area (Å²) in [5.41, 5.74) is 1.65. The summed E-state index contributed by atoms with van der Waals surface area (Å²) in [5.74, 6) is -0.454. The number of nitrogens with zero attached hydrogens (tertiary/aromatic N) is 2. The van der Waals surface area contributed by atoms with Crippen LogP contribution in [0.15, 0.2) is 29.2 Å². The first-order valence-corrected chi connectivity index (χ1v) is 9.90. The lowest BCUT2D eigenvalue weighted by atomic mass is 10.2. The summed E-state index contributed by atoms with van der Waals surface area (Å²) < 4.78 is 31.9. The van der Waals surface area contributed by atoms with Crippen LogP contribution in [0.2, 0.25) is 0 Å². The quantitative estimate of drug-likeness (QED) is 0.777. The predicted octanol–water partition coefficient (Wildman–Crippen LogP) is 2.38. The molecule has 1 aromatic heterocycles. The molecular formula is C16H18N2O4S2. The zero-order valence-corrected chi connectivity index (χ0v) is 15.1. The molecule has 2 aromatic rings. The fraction of sp³-hybridized carbons (Fsp3) is 0.375. The predicted molar refractivity (Wildman–Crippen MR) is 90.5 cm³/mol. The van der Waals surface area contributed by atoms with Gasteiger partial charge in [-0.15, -0.1) is 11.3 Å². The van der Waals surface area contributed by atoms with E-state index in [0.29, 0.717) is 18.7 Å². The second kappa shape index (κ2) is 6.62. The summed E-state index contributed by atoms with van der Waals surface area (Å²) >= 11 is 1.29. The number of aromatic nitrogens is 1. The van der Waals surface area contributed by atoms with E-state index in [0.717, 1.165) is 10.4 Å². The zero-order chi connectivity index (χ0) is 17.3. The highest BCUT2D eigenvalue weighted by Gasteiger charge is 2.31. The van der Waals surface area contributed by atoms with Gasteiger partial charge in [0.15, 0.2) is 0 Å².